The molecule has 4 heteroatoms. The van der Waals surface area contributed by atoms with Crippen LogP contribution in [-0.2, 0) is 0 Å². The van der Waals surface area contributed by atoms with E-state index in [9.17, 15) is 0 Å². The number of nitrogen functional groups attached to an aromatic ring is 1. The average molecular weight is 141 g/mol. The molecule has 0 unspecified atom stereocenters. The molecule has 0 spiro atoms. The quantitative estimate of drug-likeness (QED) is 0.345. The van der Waals surface area contributed by atoms with E-state index < -0.39 is 36.8 Å². The summed E-state index contributed by atoms with van der Waals surface area (Å²) >= 11 is 0. The zero-order chi connectivity index (χ0) is 11.0. The van der Waals surface area contributed by atoms with Crippen molar-refractivity contribution in [3.63, 3.8) is 0 Å². The monoisotopic (exact) mass is 141 g/mol. The van der Waals surface area contributed by atoms with Gasteiger partial charge in [-0.15, -0.1) is 0 Å². The van der Waals surface area contributed by atoms with Gasteiger partial charge in [0.2, 0.25) is 0 Å². The molecule has 0 amide bonds. The van der Waals surface area contributed by atoms with Crippen LogP contribution in [0.25, 0.3) is 0 Å². The second kappa shape index (κ2) is 2.73. The van der Waals surface area contributed by atoms with Gasteiger partial charge < -0.3 is 15.8 Å². The van der Waals surface area contributed by atoms with Gasteiger partial charge in [0, 0.05) is 5.69 Å². The zero-order valence-electron chi connectivity index (χ0n) is 9.05. The molecule has 52 valence electrons. The lowest BCUT2D eigenvalue weighted by molar-refractivity contribution is 0.426. The van der Waals surface area contributed by atoms with E-state index >= 15 is 0 Å². The van der Waals surface area contributed by atoms with E-state index in [1.807, 2.05) is 0 Å². The van der Waals surface area contributed by atoms with Crippen LogP contribution in [0.2, 0.25) is 0 Å². The van der Waals surface area contributed by atoms with E-state index in [0.717, 1.165) is 0 Å². The van der Waals surface area contributed by atoms with Crippen molar-refractivity contribution in [3.05, 3.63) is 24.2 Å². The molecule has 1 rings (SSSR count). The van der Waals surface area contributed by atoms with Crippen LogP contribution < -0.4 is 11.2 Å². The van der Waals surface area contributed by atoms with Gasteiger partial charge >= 0.3 is 7.12 Å². The fourth-order valence-electron chi connectivity index (χ4n) is 0.503. The zero-order valence-corrected chi connectivity index (χ0v) is 5.05. The summed E-state index contributed by atoms with van der Waals surface area (Å²) in [5.41, 5.74) is 4.52. The summed E-state index contributed by atoms with van der Waals surface area (Å²) in [6.07, 6.45) is 0. The van der Waals surface area contributed by atoms with Gasteiger partial charge in [-0.2, -0.15) is 0 Å². The first kappa shape index (κ1) is 3.41. The summed E-state index contributed by atoms with van der Waals surface area (Å²) in [5, 5.41) is 17.7. The first-order valence-corrected chi connectivity index (χ1v) is 2.59. The molecule has 0 saturated carbocycles. The maximum absolute atomic E-state index is 8.84. The van der Waals surface area contributed by atoms with Crippen LogP contribution in [0.4, 0.5) is 5.69 Å². The fraction of sp³-hybridized carbons (Fsp3) is 0. The Labute approximate surface area is 64.9 Å². The van der Waals surface area contributed by atoms with Crippen LogP contribution in [0.5, 0.6) is 0 Å². The minimum atomic E-state index is -2.03. The van der Waals surface area contributed by atoms with Crippen LogP contribution in [0.1, 0.15) is 5.48 Å². The molecule has 1 aromatic rings. The Morgan fingerprint density at radius 3 is 2.80 bits per heavy atom. The predicted octanol–water partition coefficient (Wildman–Crippen LogP) is -1.05. The Kier molecular flexibility index (Phi) is 0.930. The van der Waals surface area contributed by atoms with Crippen molar-refractivity contribution in [1.29, 1.82) is 0 Å². The Morgan fingerprint density at radius 2 is 2.20 bits per heavy atom. The summed E-state index contributed by atoms with van der Waals surface area (Å²) in [4.78, 5) is 0. The van der Waals surface area contributed by atoms with Crippen molar-refractivity contribution >= 4 is 18.3 Å². The molecule has 0 aliphatic rings. The lowest BCUT2D eigenvalue weighted by atomic mass is 9.80. The lowest BCUT2D eigenvalue weighted by Crippen LogP contribution is -2.29. The van der Waals surface area contributed by atoms with E-state index in [4.69, 9.17) is 21.3 Å². The molecule has 0 heterocycles. The summed E-state index contributed by atoms with van der Waals surface area (Å²) < 4.78 is 29.1. The van der Waals surface area contributed by atoms with Crippen molar-refractivity contribution < 1.29 is 15.5 Å². The number of hydrogen-bond acceptors (Lipinski definition) is 3. The number of benzene rings is 1. The average Bonchev–Trinajstić information content (AvgIpc) is 2.11. The van der Waals surface area contributed by atoms with Gasteiger partial charge in [-0.1, -0.05) is 12.1 Å². The van der Waals surface area contributed by atoms with Crippen LogP contribution in [-0.4, -0.2) is 17.2 Å². The number of rotatable bonds is 1. The van der Waals surface area contributed by atoms with Crippen molar-refractivity contribution in [2.75, 3.05) is 5.73 Å². The second-order valence-corrected chi connectivity index (χ2v) is 1.70. The van der Waals surface area contributed by atoms with Crippen LogP contribution in [0.3, 0.4) is 0 Å². The van der Waals surface area contributed by atoms with Crippen molar-refractivity contribution in [1.82, 2.24) is 0 Å². The molecule has 0 bridgehead atoms. The highest BCUT2D eigenvalue weighted by atomic mass is 16.4. The van der Waals surface area contributed by atoms with Crippen LogP contribution in [0.15, 0.2) is 24.2 Å². The number of anilines is 1. The first-order valence-electron chi connectivity index (χ1n) is 4.59. The standard InChI is InChI=1S/C6H8BNO2/c8-6-3-1-2-5(4-6)7(9)10/h1-4,9-10H,8H2/i1D,2D,3D,4D. The molecule has 4 N–H and O–H groups in total. The van der Waals surface area contributed by atoms with E-state index in [2.05, 4.69) is 0 Å². The van der Waals surface area contributed by atoms with Crippen LogP contribution in [0, 0.1) is 0 Å². The molecule has 0 fully saturated rings. The van der Waals surface area contributed by atoms with Crippen molar-refractivity contribution in [3.8, 4) is 0 Å². The summed E-state index contributed by atoms with van der Waals surface area (Å²) in [6.45, 7) is 0. The Bertz CT molecular complexity index is 356. The molecular formula is C6H8BNO2. The van der Waals surface area contributed by atoms with Gasteiger partial charge in [0.25, 0.3) is 0 Å². The SMILES string of the molecule is [2H]c1c([2H])c(N)c([2H])c(B(O)O)c1[2H]. The Hall–Kier alpha value is -0.995. The van der Waals surface area contributed by atoms with Gasteiger partial charge in [0.1, 0.15) is 0 Å². The van der Waals surface area contributed by atoms with Crippen molar-refractivity contribution in [2.45, 2.75) is 0 Å². The maximum Gasteiger partial charge on any atom is 0.488 e. The molecule has 0 aromatic heterocycles. The second-order valence-electron chi connectivity index (χ2n) is 1.70. The highest BCUT2D eigenvalue weighted by Gasteiger charge is 2.09. The minimum absolute atomic E-state index is 0.325. The maximum atomic E-state index is 8.84. The molecule has 10 heavy (non-hydrogen) atoms. The largest absolute Gasteiger partial charge is 0.488 e. The van der Waals surface area contributed by atoms with E-state index in [0.29, 0.717) is 0 Å². The Morgan fingerprint density at radius 1 is 1.50 bits per heavy atom. The van der Waals surface area contributed by atoms with Gasteiger partial charge in [0.15, 0.2) is 0 Å². The van der Waals surface area contributed by atoms with Gasteiger partial charge in [-0.3, -0.25) is 0 Å². The van der Waals surface area contributed by atoms with E-state index in [1.54, 1.807) is 0 Å². The summed E-state index contributed by atoms with van der Waals surface area (Å²) in [5.74, 6) is 0. The Balaban J connectivity index is 3.60. The number of hydrogen-bond donors (Lipinski definition) is 3. The third kappa shape index (κ3) is 1.49. The molecule has 0 aliphatic carbocycles. The van der Waals surface area contributed by atoms with E-state index in [-0.39, 0.29) is 5.69 Å². The van der Waals surface area contributed by atoms with Gasteiger partial charge in [-0.25, -0.2) is 0 Å². The lowest BCUT2D eigenvalue weighted by Gasteiger charge is -1.98. The normalized spacial score (nSPS) is 15.0. The third-order valence-corrected chi connectivity index (χ3v) is 0.922. The smallest absolute Gasteiger partial charge is 0.423 e. The van der Waals surface area contributed by atoms with Crippen molar-refractivity contribution in [2.24, 2.45) is 0 Å². The van der Waals surface area contributed by atoms with Gasteiger partial charge in [-0.05, 0) is 17.5 Å². The fourth-order valence-corrected chi connectivity index (χ4v) is 0.503. The molecule has 0 saturated heterocycles. The third-order valence-electron chi connectivity index (χ3n) is 0.922. The molecule has 3 nitrogen and oxygen atoms in total. The molecular weight excluding hydrogens is 129 g/mol. The van der Waals surface area contributed by atoms with Gasteiger partial charge in [0.05, 0.1) is 5.48 Å². The predicted molar refractivity (Wildman–Crippen MR) is 40.7 cm³/mol. The molecule has 0 radical (unpaired) electrons. The summed E-state index contributed by atoms with van der Waals surface area (Å²) in [7, 11) is -2.03. The molecule has 0 aliphatic heterocycles. The number of nitrogens with two attached hydrogens (primary N) is 1. The highest BCUT2D eigenvalue weighted by Crippen LogP contribution is 1.95. The minimum Gasteiger partial charge on any atom is -0.423 e. The molecule has 0 atom stereocenters. The van der Waals surface area contributed by atoms with E-state index in [1.165, 1.54) is 0 Å². The first-order chi connectivity index (χ1) is 6.37. The topological polar surface area (TPSA) is 66.5 Å². The van der Waals surface area contributed by atoms with Crippen LogP contribution >= 0.6 is 0 Å². The highest BCUT2D eigenvalue weighted by molar-refractivity contribution is 6.58. The molecule has 1 aromatic carbocycles. The summed E-state index contributed by atoms with van der Waals surface area (Å²) in [6, 6.07) is -1.98.